The summed E-state index contributed by atoms with van der Waals surface area (Å²) in [5.41, 5.74) is -2.54. The Kier molecular flexibility index (Phi) is 7.97. The second-order valence-electron chi connectivity index (χ2n) is 6.03. The van der Waals surface area contributed by atoms with Crippen molar-refractivity contribution < 1.29 is 32.0 Å². The average molecular weight is 295 g/mol. The topological polar surface area (TPSA) is 49.7 Å². The largest absolute Gasteiger partial charge is 0.667 e. The van der Waals surface area contributed by atoms with Crippen LogP contribution in [0.4, 0.5) is 17.1 Å². The van der Waals surface area contributed by atoms with Crippen LogP contribution in [-0.4, -0.2) is 23.0 Å². The highest BCUT2D eigenvalue weighted by Crippen LogP contribution is 2.75. The van der Waals surface area contributed by atoms with Crippen LogP contribution in [0.2, 0.25) is 0 Å². The van der Waals surface area contributed by atoms with Crippen LogP contribution in [0.1, 0.15) is 41.5 Å². The first-order chi connectivity index (χ1) is 7.64. The number of hydrogen-bond donors (Lipinski definition) is 2. The molecule has 0 radical (unpaired) electrons. The molecule has 0 aromatic carbocycles. The van der Waals surface area contributed by atoms with Gasteiger partial charge in [-0.1, -0.05) is 46.1 Å². The van der Waals surface area contributed by atoms with E-state index in [0.29, 0.717) is 0 Å². The van der Waals surface area contributed by atoms with Gasteiger partial charge in [0.25, 0.3) is 0 Å². The molecule has 110 valence electrons. The number of halogens is 4. The van der Waals surface area contributed by atoms with Gasteiger partial charge in [-0.05, 0) is 0 Å². The third kappa shape index (κ3) is 9.08. The highest BCUT2D eigenvalue weighted by Gasteiger charge is 2.63. The molecular weight excluding hydrogens is 274 g/mol. The SMILES string of the molecule is CC(C)(C)C(C(C)(C)C)[P+](F)(F)F.OB(O)OF. The Bertz CT molecular complexity index is 202. The summed E-state index contributed by atoms with van der Waals surface area (Å²) in [7, 11) is -7.55. The van der Waals surface area contributed by atoms with Gasteiger partial charge in [-0.25, -0.2) is 0 Å². The fraction of sp³-hybridized carbons (Fsp3) is 1.00. The van der Waals surface area contributed by atoms with Crippen LogP contribution in [0, 0.1) is 10.8 Å². The van der Waals surface area contributed by atoms with Gasteiger partial charge in [0.15, 0.2) is 5.66 Å². The Morgan fingerprint density at radius 3 is 1.17 bits per heavy atom. The van der Waals surface area contributed by atoms with Crippen molar-refractivity contribution in [1.29, 1.82) is 0 Å². The van der Waals surface area contributed by atoms with Crippen molar-refractivity contribution in [1.82, 2.24) is 0 Å². The van der Waals surface area contributed by atoms with Crippen LogP contribution < -0.4 is 0 Å². The highest BCUT2D eigenvalue weighted by molar-refractivity contribution is 7.61. The molecule has 0 unspecified atom stereocenters. The summed E-state index contributed by atoms with van der Waals surface area (Å²) in [4.78, 5) is 2.36. The van der Waals surface area contributed by atoms with Gasteiger partial charge in [0.2, 0.25) is 0 Å². The molecule has 0 heterocycles. The third-order valence-corrected chi connectivity index (χ3v) is 4.15. The minimum absolute atomic E-state index is 0.690. The van der Waals surface area contributed by atoms with E-state index in [9.17, 15) is 17.1 Å². The summed E-state index contributed by atoms with van der Waals surface area (Å²) in [6.07, 6.45) is 0. The summed E-state index contributed by atoms with van der Waals surface area (Å²) in [5, 5.41) is 14.6. The summed E-state index contributed by atoms with van der Waals surface area (Å²) in [6, 6.07) is 0. The van der Waals surface area contributed by atoms with Gasteiger partial charge in [0.05, 0.1) is 0 Å². The lowest BCUT2D eigenvalue weighted by Crippen LogP contribution is -2.37. The molecule has 0 saturated carbocycles. The minimum Gasteiger partial charge on any atom is -0.400 e. The lowest BCUT2D eigenvalue weighted by molar-refractivity contribution is -0.0560. The van der Waals surface area contributed by atoms with Crippen LogP contribution in [0.3, 0.4) is 0 Å². The van der Waals surface area contributed by atoms with Gasteiger partial charge in [0.1, 0.15) is 0 Å². The fourth-order valence-corrected chi connectivity index (χ4v) is 3.93. The van der Waals surface area contributed by atoms with Crippen LogP contribution in [0.5, 0.6) is 0 Å². The molecule has 0 spiro atoms. The summed E-state index contributed by atoms with van der Waals surface area (Å²) < 4.78 is 48.6. The first-order valence-corrected chi connectivity index (χ1v) is 6.78. The Labute approximate surface area is 106 Å². The molecule has 0 bridgehead atoms. The van der Waals surface area contributed by atoms with Gasteiger partial charge in [0, 0.05) is 23.4 Å². The van der Waals surface area contributed by atoms with Crippen molar-refractivity contribution in [2.45, 2.75) is 47.2 Å². The van der Waals surface area contributed by atoms with Crippen LogP contribution in [0.25, 0.3) is 0 Å². The van der Waals surface area contributed by atoms with Crippen molar-refractivity contribution in [3.8, 4) is 0 Å². The van der Waals surface area contributed by atoms with E-state index in [1.54, 1.807) is 41.5 Å². The van der Waals surface area contributed by atoms with Crippen molar-refractivity contribution in [3.63, 3.8) is 0 Å². The van der Waals surface area contributed by atoms with Crippen LogP contribution >= 0.6 is 8.19 Å². The van der Waals surface area contributed by atoms with E-state index in [1.807, 2.05) is 0 Å². The molecule has 0 aromatic heterocycles. The van der Waals surface area contributed by atoms with E-state index < -0.39 is 32.0 Å². The predicted octanol–water partition coefficient (Wildman–Crippen LogP) is 3.98. The molecule has 0 aliphatic rings. The zero-order valence-electron chi connectivity index (χ0n) is 11.4. The fourth-order valence-electron chi connectivity index (χ4n) is 2.18. The standard InChI is InChI=1S/C9H19F3P.BFH2O3/c1-8(2,3)7(9(4,5)6)13(10,11)12;2-5-1(3)4/h7H,1-6H3;3-4H/q+1;. The first kappa shape index (κ1) is 20.4. The second-order valence-corrected chi connectivity index (χ2v) is 7.52. The summed E-state index contributed by atoms with van der Waals surface area (Å²) in [5.74, 6) is 0. The molecule has 0 amide bonds. The van der Waals surface area contributed by atoms with E-state index in [1.165, 1.54) is 0 Å². The van der Waals surface area contributed by atoms with E-state index >= 15 is 0 Å². The van der Waals surface area contributed by atoms with E-state index in [0.717, 1.165) is 0 Å². The molecule has 0 atom stereocenters. The molecule has 0 aliphatic heterocycles. The predicted molar refractivity (Wildman–Crippen MR) is 65.3 cm³/mol. The molecule has 0 rings (SSSR count). The van der Waals surface area contributed by atoms with Crippen molar-refractivity contribution >= 4 is 15.5 Å². The van der Waals surface area contributed by atoms with Gasteiger partial charge >= 0.3 is 15.5 Å². The van der Waals surface area contributed by atoms with Crippen molar-refractivity contribution in [2.75, 3.05) is 0 Å². The molecule has 0 aromatic rings. The zero-order chi connectivity index (χ0) is 15.4. The summed E-state index contributed by atoms with van der Waals surface area (Å²) >= 11 is 0. The Hall–Kier alpha value is 0.0949. The monoisotopic (exact) mass is 295 g/mol. The second kappa shape index (κ2) is 7.03. The Balaban J connectivity index is 0. The number of rotatable bonds is 2. The van der Waals surface area contributed by atoms with Gasteiger partial charge in [-0.3, -0.25) is 0 Å². The molecular formula is C9H21BF4O3P+. The molecule has 0 fully saturated rings. The molecule has 9 heteroatoms. The first-order valence-electron chi connectivity index (χ1n) is 5.25. The third-order valence-electron chi connectivity index (χ3n) is 2.01. The van der Waals surface area contributed by atoms with Gasteiger partial charge in [-0.15, -0.1) is 0 Å². The molecule has 2 N–H and O–H groups in total. The average Bonchev–Trinajstić information content (AvgIpc) is 1.95. The summed E-state index contributed by atoms with van der Waals surface area (Å²) in [6.45, 7) is 9.98. The maximum absolute atomic E-state index is 12.8. The maximum Gasteiger partial charge on any atom is 0.667 e. The lowest BCUT2D eigenvalue weighted by atomic mass is 9.77. The minimum atomic E-state index is -5.27. The number of hydrogen-bond acceptors (Lipinski definition) is 3. The van der Waals surface area contributed by atoms with E-state index in [2.05, 4.69) is 4.86 Å². The van der Waals surface area contributed by atoms with Gasteiger partial charge in [-0.2, -0.15) is 4.86 Å². The highest BCUT2D eigenvalue weighted by atomic mass is 31.3. The maximum atomic E-state index is 12.8. The van der Waals surface area contributed by atoms with Gasteiger partial charge < -0.3 is 10.0 Å². The lowest BCUT2D eigenvalue weighted by Gasteiger charge is -2.34. The van der Waals surface area contributed by atoms with E-state index in [4.69, 9.17) is 10.0 Å². The molecule has 0 aliphatic carbocycles. The van der Waals surface area contributed by atoms with Crippen molar-refractivity contribution in [2.24, 2.45) is 10.8 Å². The molecule has 18 heavy (non-hydrogen) atoms. The quantitative estimate of drug-likeness (QED) is 0.460. The van der Waals surface area contributed by atoms with E-state index in [-0.39, 0.29) is 0 Å². The van der Waals surface area contributed by atoms with Crippen molar-refractivity contribution in [3.05, 3.63) is 0 Å². The normalized spacial score (nSPS) is 13.2. The Morgan fingerprint density at radius 2 is 1.17 bits per heavy atom. The Morgan fingerprint density at radius 1 is 0.944 bits per heavy atom. The zero-order valence-corrected chi connectivity index (χ0v) is 12.3. The van der Waals surface area contributed by atoms with Crippen LogP contribution in [0.15, 0.2) is 0 Å². The molecule has 3 nitrogen and oxygen atoms in total. The smallest absolute Gasteiger partial charge is 0.400 e. The molecule has 0 saturated heterocycles. The van der Waals surface area contributed by atoms with Crippen LogP contribution in [-0.2, 0) is 4.86 Å².